The molecule has 0 saturated heterocycles. The Morgan fingerprint density at radius 3 is 2.70 bits per heavy atom. The van der Waals surface area contributed by atoms with E-state index in [9.17, 15) is 9.90 Å². The molecule has 1 saturated carbocycles. The van der Waals surface area contributed by atoms with E-state index >= 15 is 0 Å². The smallest absolute Gasteiger partial charge is 0.370 e. The van der Waals surface area contributed by atoms with E-state index < -0.39 is 5.97 Å². The molecule has 1 N–H and O–H groups in total. The topological polar surface area (TPSA) is 55.8 Å². The summed E-state index contributed by atoms with van der Waals surface area (Å²) in [5, 5.41) is 9.70. The molecule has 20 heavy (non-hydrogen) atoms. The number of rotatable bonds is 6. The number of ether oxygens (including phenoxy) is 2. The van der Waals surface area contributed by atoms with Gasteiger partial charge >= 0.3 is 5.97 Å². The molecule has 1 aromatic carbocycles. The molecule has 1 fully saturated rings. The number of carbonyl (C=O) groups is 1. The first-order valence-corrected chi connectivity index (χ1v) is 6.84. The van der Waals surface area contributed by atoms with Gasteiger partial charge in [0.1, 0.15) is 5.75 Å². The zero-order valence-electron chi connectivity index (χ0n) is 11.5. The molecule has 0 atom stereocenters. The van der Waals surface area contributed by atoms with Crippen LogP contribution in [0.15, 0.2) is 30.0 Å². The number of aliphatic carboxylic acids is 1. The zero-order chi connectivity index (χ0) is 14.8. The minimum absolute atomic E-state index is 0.0213. The Morgan fingerprint density at radius 2 is 2.20 bits per heavy atom. The van der Waals surface area contributed by atoms with Gasteiger partial charge in [-0.1, -0.05) is 23.7 Å². The molecule has 0 heterocycles. The maximum atomic E-state index is 11.2. The first-order valence-electron chi connectivity index (χ1n) is 6.46. The van der Waals surface area contributed by atoms with Crippen molar-refractivity contribution in [3.8, 4) is 5.75 Å². The summed E-state index contributed by atoms with van der Waals surface area (Å²) >= 11 is 6.13. The van der Waals surface area contributed by atoms with E-state index in [0.29, 0.717) is 17.4 Å². The van der Waals surface area contributed by atoms with E-state index in [4.69, 9.17) is 21.1 Å². The highest BCUT2D eigenvalue weighted by Crippen LogP contribution is 2.54. The first-order chi connectivity index (χ1) is 9.54. The van der Waals surface area contributed by atoms with Crippen LogP contribution in [0.25, 0.3) is 0 Å². The van der Waals surface area contributed by atoms with Crippen LogP contribution in [-0.4, -0.2) is 24.8 Å². The standard InChI is InChI=1S/C15H17ClO4/c1-3-20-12(14(17)18)9-15(7-8-15)10-5-4-6-11(16)13(10)19-2/h4-6,9H,3,7-8H2,1-2H3,(H,17,18). The van der Waals surface area contributed by atoms with Crippen molar-refractivity contribution in [1.29, 1.82) is 0 Å². The van der Waals surface area contributed by atoms with E-state index in [1.807, 2.05) is 12.1 Å². The second-order valence-corrected chi connectivity index (χ2v) is 5.13. The molecular weight excluding hydrogens is 280 g/mol. The molecule has 0 amide bonds. The van der Waals surface area contributed by atoms with Crippen LogP contribution in [0, 0.1) is 0 Å². The summed E-state index contributed by atoms with van der Waals surface area (Å²) in [5.41, 5.74) is 0.560. The average Bonchev–Trinajstić information content (AvgIpc) is 3.18. The van der Waals surface area contributed by atoms with Gasteiger partial charge in [0.15, 0.2) is 0 Å². The van der Waals surface area contributed by atoms with Crippen molar-refractivity contribution in [1.82, 2.24) is 0 Å². The lowest BCUT2D eigenvalue weighted by atomic mass is 9.94. The summed E-state index contributed by atoms with van der Waals surface area (Å²) in [7, 11) is 1.56. The van der Waals surface area contributed by atoms with Crippen molar-refractivity contribution < 1.29 is 19.4 Å². The van der Waals surface area contributed by atoms with E-state index in [1.54, 1.807) is 26.2 Å². The molecule has 0 unspecified atom stereocenters. The van der Waals surface area contributed by atoms with E-state index in [2.05, 4.69) is 0 Å². The van der Waals surface area contributed by atoms with Crippen LogP contribution in [0.3, 0.4) is 0 Å². The fourth-order valence-electron chi connectivity index (χ4n) is 2.31. The molecule has 1 aliphatic carbocycles. The first kappa shape index (κ1) is 14.7. The van der Waals surface area contributed by atoms with Gasteiger partial charge in [-0.3, -0.25) is 0 Å². The van der Waals surface area contributed by atoms with Gasteiger partial charge in [-0.15, -0.1) is 0 Å². The lowest BCUT2D eigenvalue weighted by molar-refractivity contribution is -0.136. The van der Waals surface area contributed by atoms with Crippen molar-refractivity contribution in [2.24, 2.45) is 0 Å². The molecule has 0 aliphatic heterocycles. The number of methoxy groups -OCH3 is 1. The SMILES string of the molecule is CCOC(=CC1(c2cccc(Cl)c2OC)CC1)C(=O)O. The molecule has 1 aliphatic rings. The van der Waals surface area contributed by atoms with Crippen LogP contribution in [0.5, 0.6) is 5.75 Å². The second-order valence-electron chi connectivity index (χ2n) is 4.72. The summed E-state index contributed by atoms with van der Waals surface area (Å²) in [6.45, 7) is 2.08. The van der Waals surface area contributed by atoms with Crippen LogP contribution >= 0.6 is 11.6 Å². The van der Waals surface area contributed by atoms with Crippen molar-refractivity contribution in [2.75, 3.05) is 13.7 Å². The number of carboxylic acids is 1. The molecule has 5 heteroatoms. The van der Waals surface area contributed by atoms with Crippen LogP contribution in [-0.2, 0) is 14.9 Å². The highest BCUT2D eigenvalue weighted by Gasteiger charge is 2.46. The summed E-state index contributed by atoms with van der Waals surface area (Å²) in [5.74, 6) is -0.477. The summed E-state index contributed by atoms with van der Waals surface area (Å²) in [6.07, 6.45) is 3.38. The summed E-state index contributed by atoms with van der Waals surface area (Å²) in [4.78, 5) is 11.2. The van der Waals surface area contributed by atoms with Crippen LogP contribution in [0.4, 0.5) is 0 Å². The Labute approximate surface area is 123 Å². The maximum absolute atomic E-state index is 11.2. The average molecular weight is 297 g/mol. The minimum atomic E-state index is -1.06. The Hall–Kier alpha value is -1.68. The van der Waals surface area contributed by atoms with Gasteiger partial charge < -0.3 is 14.6 Å². The Kier molecular flexibility index (Phi) is 4.23. The monoisotopic (exact) mass is 296 g/mol. The lowest BCUT2D eigenvalue weighted by Crippen LogP contribution is -2.12. The fourth-order valence-corrected chi connectivity index (χ4v) is 2.56. The highest BCUT2D eigenvalue weighted by molar-refractivity contribution is 6.32. The van der Waals surface area contributed by atoms with Gasteiger partial charge in [-0.2, -0.15) is 0 Å². The molecule has 108 valence electrons. The third kappa shape index (κ3) is 2.75. The Bertz CT molecular complexity index is 547. The predicted molar refractivity (Wildman–Crippen MR) is 76.3 cm³/mol. The molecular formula is C15H17ClO4. The summed E-state index contributed by atoms with van der Waals surface area (Å²) in [6, 6.07) is 5.51. The van der Waals surface area contributed by atoms with Crippen LogP contribution in [0.1, 0.15) is 25.3 Å². The molecule has 4 nitrogen and oxygen atoms in total. The molecule has 0 spiro atoms. The highest BCUT2D eigenvalue weighted by atomic mass is 35.5. The van der Waals surface area contributed by atoms with Gasteiger partial charge in [0.25, 0.3) is 0 Å². The molecule has 0 aromatic heterocycles. The number of hydrogen-bond acceptors (Lipinski definition) is 3. The van der Waals surface area contributed by atoms with Crippen molar-refractivity contribution in [3.05, 3.63) is 40.6 Å². The van der Waals surface area contributed by atoms with E-state index in [0.717, 1.165) is 18.4 Å². The van der Waals surface area contributed by atoms with Gasteiger partial charge in [-0.25, -0.2) is 4.79 Å². The third-order valence-corrected chi connectivity index (χ3v) is 3.71. The van der Waals surface area contributed by atoms with Crippen LogP contribution < -0.4 is 4.74 Å². The van der Waals surface area contributed by atoms with E-state index in [-0.39, 0.29) is 11.2 Å². The number of carboxylic acid groups (broad SMARTS) is 1. The largest absolute Gasteiger partial charge is 0.495 e. The number of benzene rings is 1. The maximum Gasteiger partial charge on any atom is 0.370 e. The van der Waals surface area contributed by atoms with E-state index in [1.165, 1.54) is 0 Å². The van der Waals surface area contributed by atoms with Gasteiger partial charge in [-0.05, 0) is 31.9 Å². The zero-order valence-corrected chi connectivity index (χ0v) is 12.2. The lowest BCUT2D eigenvalue weighted by Gasteiger charge is -2.17. The predicted octanol–water partition coefficient (Wildman–Crippen LogP) is 3.39. The van der Waals surface area contributed by atoms with Gasteiger partial charge in [0, 0.05) is 11.0 Å². The third-order valence-electron chi connectivity index (χ3n) is 3.41. The second kappa shape index (κ2) is 5.75. The summed E-state index contributed by atoms with van der Waals surface area (Å²) < 4.78 is 10.5. The van der Waals surface area contributed by atoms with Crippen molar-refractivity contribution in [3.63, 3.8) is 0 Å². The normalized spacial score (nSPS) is 16.6. The van der Waals surface area contributed by atoms with Crippen molar-refractivity contribution in [2.45, 2.75) is 25.2 Å². The quantitative estimate of drug-likeness (QED) is 0.646. The number of halogens is 1. The Balaban J connectivity index is 2.44. The molecule has 0 bridgehead atoms. The minimum Gasteiger partial charge on any atom is -0.495 e. The van der Waals surface area contributed by atoms with Crippen molar-refractivity contribution >= 4 is 17.6 Å². The Morgan fingerprint density at radius 1 is 1.50 bits per heavy atom. The van der Waals surface area contributed by atoms with Gasteiger partial charge in [0.2, 0.25) is 5.76 Å². The van der Waals surface area contributed by atoms with Gasteiger partial charge in [0.05, 0.1) is 18.7 Å². The molecule has 1 aromatic rings. The number of para-hydroxylation sites is 1. The number of allylic oxidation sites excluding steroid dienone is 1. The molecule has 0 radical (unpaired) electrons. The van der Waals surface area contributed by atoms with Crippen LogP contribution in [0.2, 0.25) is 5.02 Å². The molecule has 2 rings (SSSR count). The fraction of sp³-hybridized carbons (Fsp3) is 0.400. The number of hydrogen-bond donors (Lipinski definition) is 1.